The fourth-order valence-electron chi connectivity index (χ4n) is 5.75. The number of ether oxygens (including phenoxy) is 2. The minimum atomic E-state index is -1.59. The van der Waals surface area contributed by atoms with E-state index in [4.69, 9.17) is 9.47 Å². The Kier molecular flexibility index (Phi) is 24.6. The second-order valence-electron chi connectivity index (χ2n) is 12.8. The summed E-state index contributed by atoms with van der Waals surface area (Å²) < 4.78 is 11.1. The third-order valence-electron chi connectivity index (χ3n) is 8.82. The summed E-state index contributed by atoms with van der Waals surface area (Å²) in [5.41, 5.74) is 0. The Balaban J connectivity index is 2.55. The van der Waals surface area contributed by atoms with E-state index in [1.165, 1.54) is 70.6 Å². The molecule has 0 aromatic heterocycles. The Morgan fingerprint density at radius 1 is 0.682 bits per heavy atom. The van der Waals surface area contributed by atoms with Gasteiger partial charge in [0.1, 0.15) is 30.5 Å². The number of hydrogen-bond donors (Lipinski definition) is 7. The van der Waals surface area contributed by atoms with Crippen LogP contribution in [0.1, 0.15) is 149 Å². The predicted octanol–water partition coefficient (Wildman–Crippen LogP) is 4.24. The van der Waals surface area contributed by atoms with E-state index in [1.807, 2.05) is 0 Å². The summed E-state index contributed by atoms with van der Waals surface area (Å²) in [6.45, 7) is 3.58. The number of hydrogen-bond acceptors (Lipinski definition) is 9. The summed E-state index contributed by atoms with van der Waals surface area (Å²) in [5, 5.41) is 64.1. The number of aliphatic hydroxyl groups excluding tert-OH is 6. The Hall–Kier alpha value is -0.850. The van der Waals surface area contributed by atoms with Crippen molar-refractivity contribution in [2.24, 2.45) is 0 Å². The molecule has 0 radical (unpaired) electrons. The van der Waals surface area contributed by atoms with Gasteiger partial charge in [0.2, 0.25) is 5.91 Å². The number of nitrogens with one attached hydrogen (secondary N) is 1. The molecule has 0 aromatic carbocycles. The second kappa shape index (κ2) is 26.2. The molecule has 10 heteroatoms. The SMILES string of the molecule is CCCCCCCCCCCCCC(O)C(COC1OC(CO)C(O)C(O)C1O)NC(=O)C(O)CCCCCCCCCC. The quantitative estimate of drug-likeness (QED) is 0.0623. The maximum atomic E-state index is 12.8. The lowest BCUT2D eigenvalue weighted by atomic mass is 9.99. The number of carbonyl (C=O) groups is 1. The fourth-order valence-corrected chi connectivity index (χ4v) is 5.75. The Morgan fingerprint density at radius 3 is 1.61 bits per heavy atom. The highest BCUT2D eigenvalue weighted by Crippen LogP contribution is 2.23. The Morgan fingerprint density at radius 2 is 1.14 bits per heavy atom. The van der Waals surface area contributed by atoms with Gasteiger partial charge in [0.25, 0.3) is 0 Å². The molecular weight excluding hydrogens is 566 g/mol. The van der Waals surface area contributed by atoms with Gasteiger partial charge in [-0.15, -0.1) is 0 Å². The van der Waals surface area contributed by atoms with E-state index in [0.717, 1.165) is 51.4 Å². The smallest absolute Gasteiger partial charge is 0.249 e. The van der Waals surface area contributed by atoms with Gasteiger partial charge in [-0.3, -0.25) is 4.79 Å². The van der Waals surface area contributed by atoms with Gasteiger partial charge in [0.15, 0.2) is 6.29 Å². The van der Waals surface area contributed by atoms with Crippen LogP contribution in [-0.2, 0) is 14.3 Å². The number of unbranched alkanes of at least 4 members (excludes halogenated alkanes) is 17. The first-order valence-corrected chi connectivity index (χ1v) is 17.8. The first-order chi connectivity index (χ1) is 21.3. The van der Waals surface area contributed by atoms with Crippen molar-refractivity contribution in [3.63, 3.8) is 0 Å². The summed E-state index contributed by atoms with van der Waals surface area (Å²) in [5.74, 6) is -0.590. The first kappa shape index (κ1) is 41.2. The molecule has 8 atom stereocenters. The zero-order valence-corrected chi connectivity index (χ0v) is 27.8. The lowest BCUT2D eigenvalue weighted by Gasteiger charge is -2.40. The Bertz CT molecular complexity index is 683. The molecule has 1 aliphatic rings. The van der Waals surface area contributed by atoms with E-state index in [0.29, 0.717) is 12.8 Å². The molecule has 1 heterocycles. The molecule has 0 spiro atoms. The highest BCUT2D eigenvalue weighted by molar-refractivity contribution is 5.80. The molecule has 0 saturated carbocycles. The van der Waals surface area contributed by atoms with E-state index >= 15 is 0 Å². The van der Waals surface area contributed by atoms with Crippen LogP contribution in [0.4, 0.5) is 0 Å². The summed E-state index contributed by atoms with van der Waals surface area (Å²) in [7, 11) is 0. The standard InChI is InChI=1S/C34H67NO9/c1-3-5-7-9-11-13-14-15-17-18-20-22-27(37)26(25-43-34-32(41)31(40)30(39)29(24-36)44-34)35-33(42)28(38)23-21-19-16-12-10-8-6-4-2/h26-32,34,36-41H,3-25H2,1-2H3,(H,35,42). The fraction of sp³-hybridized carbons (Fsp3) is 0.971. The summed E-state index contributed by atoms with van der Waals surface area (Å²) in [6.07, 6.45) is 13.2. The lowest BCUT2D eigenvalue weighted by molar-refractivity contribution is -0.302. The molecule has 8 unspecified atom stereocenters. The molecule has 44 heavy (non-hydrogen) atoms. The first-order valence-electron chi connectivity index (χ1n) is 17.8. The van der Waals surface area contributed by atoms with Crippen LogP contribution in [0.5, 0.6) is 0 Å². The van der Waals surface area contributed by atoms with Crippen LogP contribution in [0.25, 0.3) is 0 Å². The zero-order valence-electron chi connectivity index (χ0n) is 27.8. The topological polar surface area (TPSA) is 169 Å². The third kappa shape index (κ3) is 17.7. The second-order valence-corrected chi connectivity index (χ2v) is 12.8. The van der Waals surface area contributed by atoms with Crippen LogP contribution in [0, 0.1) is 0 Å². The highest BCUT2D eigenvalue weighted by atomic mass is 16.7. The predicted molar refractivity (Wildman–Crippen MR) is 172 cm³/mol. The minimum absolute atomic E-state index is 0.252. The molecule has 10 nitrogen and oxygen atoms in total. The number of amides is 1. The largest absolute Gasteiger partial charge is 0.394 e. The van der Waals surface area contributed by atoms with E-state index in [2.05, 4.69) is 19.2 Å². The maximum Gasteiger partial charge on any atom is 0.249 e. The molecule has 0 aromatic rings. The molecule has 1 saturated heterocycles. The molecule has 1 rings (SSSR count). The zero-order chi connectivity index (χ0) is 32.6. The van der Waals surface area contributed by atoms with E-state index < -0.39 is 61.5 Å². The van der Waals surface area contributed by atoms with Crippen molar-refractivity contribution in [2.45, 2.75) is 198 Å². The van der Waals surface area contributed by atoms with Gasteiger partial charge in [0.05, 0.1) is 25.4 Å². The van der Waals surface area contributed by atoms with Crippen LogP contribution in [0.2, 0.25) is 0 Å². The van der Waals surface area contributed by atoms with Crippen LogP contribution in [0.15, 0.2) is 0 Å². The summed E-state index contributed by atoms with van der Waals surface area (Å²) >= 11 is 0. The van der Waals surface area contributed by atoms with Crippen molar-refractivity contribution in [1.29, 1.82) is 0 Å². The maximum absolute atomic E-state index is 12.8. The molecule has 1 fully saturated rings. The van der Waals surface area contributed by atoms with Crippen molar-refractivity contribution < 1.29 is 44.9 Å². The average molecular weight is 634 g/mol. The summed E-state index contributed by atoms with van der Waals surface area (Å²) in [6, 6.07) is -0.883. The van der Waals surface area contributed by atoms with Crippen molar-refractivity contribution in [2.75, 3.05) is 13.2 Å². The van der Waals surface area contributed by atoms with Crippen LogP contribution in [-0.4, -0.2) is 98.7 Å². The van der Waals surface area contributed by atoms with E-state index in [9.17, 15) is 35.4 Å². The molecular formula is C34H67NO9. The lowest BCUT2D eigenvalue weighted by Crippen LogP contribution is -2.60. The van der Waals surface area contributed by atoms with Crippen LogP contribution < -0.4 is 5.32 Å². The van der Waals surface area contributed by atoms with E-state index in [-0.39, 0.29) is 6.61 Å². The number of aliphatic hydroxyl groups is 6. The summed E-state index contributed by atoms with van der Waals surface area (Å²) in [4.78, 5) is 12.8. The molecule has 0 aliphatic carbocycles. The van der Waals surface area contributed by atoms with Gasteiger partial charge in [-0.2, -0.15) is 0 Å². The van der Waals surface area contributed by atoms with Crippen molar-refractivity contribution >= 4 is 5.91 Å². The van der Waals surface area contributed by atoms with Gasteiger partial charge in [-0.05, 0) is 12.8 Å². The van der Waals surface area contributed by atoms with Crippen LogP contribution in [0.3, 0.4) is 0 Å². The van der Waals surface area contributed by atoms with Crippen LogP contribution >= 0.6 is 0 Å². The monoisotopic (exact) mass is 633 g/mol. The van der Waals surface area contributed by atoms with Gasteiger partial charge >= 0.3 is 0 Å². The van der Waals surface area contributed by atoms with Gasteiger partial charge in [-0.25, -0.2) is 0 Å². The Labute approximate surface area is 266 Å². The van der Waals surface area contributed by atoms with Gasteiger partial charge in [-0.1, -0.05) is 136 Å². The van der Waals surface area contributed by atoms with Gasteiger partial charge < -0.3 is 45.4 Å². The van der Waals surface area contributed by atoms with Crippen molar-refractivity contribution in [1.82, 2.24) is 5.32 Å². The van der Waals surface area contributed by atoms with Gasteiger partial charge in [0, 0.05) is 0 Å². The molecule has 1 aliphatic heterocycles. The molecule has 1 amide bonds. The highest BCUT2D eigenvalue weighted by Gasteiger charge is 2.44. The average Bonchev–Trinajstić information content (AvgIpc) is 3.02. The molecule has 7 N–H and O–H groups in total. The van der Waals surface area contributed by atoms with Crippen molar-refractivity contribution in [3.8, 4) is 0 Å². The van der Waals surface area contributed by atoms with E-state index in [1.54, 1.807) is 0 Å². The molecule has 0 bridgehead atoms. The molecule has 262 valence electrons. The number of carbonyl (C=O) groups excluding carboxylic acids is 1. The normalized spacial score (nSPS) is 24.2. The van der Waals surface area contributed by atoms with Crippen molar-refractivity contribution in [3.05, 3.63) is 0 Å². The minimum Gasteiger partial charge on any atom is -0.394 e. The third-order valence-corrected chi connectivity index (χ3v) is 8.82. The number of rotatable bonds is 28.